The maximum absolute atomic E-state index is 4.11. The van der Waals surface area contributed by atoms with Crippen molar-refractivity contribution in [1.29, 1.82) is 0 Å². The zero-order valence-electron chi connectivity index (χ0n) is 10.3. The molecule has 1 heterocycles. The average molecular weight is 240 g/mol. The molecule has 1 aliphatic rings. The van der Waals surface area contributed by atoms with Crippen molar-refractivity contribution < 1.29 is 0 Å². The van der Waals surface area contributed by atoms with Crippen LogP contribution in [0.3, 0.4) is 0 Å². The molecule has 2 rings (SSSR count). The molecule has 0 amide bonds. The zero-order valence-corrected chi connectivity index (χ0v) is 11.1. The molecule has 0 aliphatic heterocycles. The summed E-state index contributed by atoms with van der Waals surface area (Å²) in [4.78, 5) is 2.36. The van der Waals surface area contributed by atoms with Crippen molar-refractivity contribution in [3.63, 3.8) is 0 Å². The van der Waals surface area contributed by atoms with Gasteiger partial charge in [0.1, 0.15) is 5.01 Å². The molecule has 0 atom stereocenters. The quantitative estimate of drug-likeness (QED) is 0.875. The molecule has 1 aromatic rings. The van der Waals surface area contributed by atoms with Crippen molar-refractivity contribution in [2.24, 2.45) is 0 Å². The molecule has 16 heavy (non-hydrogen) atoms. The van der Waals surface area contributed by atoms with Gasteiger partial charge >= 0.3 is 0 Å². The fourth-order valence-electron chi connectivity index (χ4n) is 2.42. The molecule has 0 saturated heterocycles. The van der Waals surface area contributed by atoms with Gasteiger partial charge in [0.25, 0.3) is 0 Å². The largest absolute Gasteiger partial charge is 0.358 e. The normalized spacial score (nSPS) is 19.2. The highest BCUT2D eigenvalue weighted by Crippen LogP contribution is 2.34. The van der Waals surface area contributed by atoms with Crippen LogP contribution in [0, 0.1) is 6.92 Å². The number of hydrogen-bond acceptors (Lipinski definition) is 5. The van der Waals surface area contributed by atoms with Gasteiger partial charge < -0.3 is 10.2 Å². The summed E-state index contributed by atoms with van der Waals surface area (Å²) < 4.78 is 0. The highest BCUT2D eigenvalue weighted by molar-refractivity contribution is 7.15. The van der Waals surface area contributed by atoms with Crippen LogP contribution in [0.1, 0.15) is 30.7 Å². The monoisotopic (exact) mass is 240 g/mol. The van der Waals surface area contributed by atoms with Crippen LogP contribution < -0.4 is 5.32 Å². The molecule has 0 aromatic carbocycles. The molecule has 1 N–H and O–H groups in total. The predicted molar refractivity (Wildman–Crippen MR) is 68.0 cm³/mol. The number of likely N-dealkylation sites (N-methyl/N-ethyl adjacent to an activating group) is 1. The molecule has 0 radical (unpaired) electrons. The molecule has 0 spiro atoms. The van der Waals surface area contributed by atoms with Gasteiger partial charge in [0.2, 0.25) is 5.13 Å². The number of rotatable bonds is 4. The summed E-state index contributed by atoms with van der Waals surface area (Å²) in [7, 11) is 4.36. The number of hydrogen-bond donors (Lipinski definition) is 1. The summed E-state index contributed by atoms with van der Waals surface area (Å²) >= 11 is 1.63. The standard InChI is InChI=1S/C11H20N4S/c1-9-13-14-10(16-9)12-8-11(15(2)3)6-4-5-7-11/h4-8H2,1-3H3,(H,12,14). The Kier molecular flexibility index (Phi) is 3.44. The van der Waals surface area contributed by atoms with Crippen LogP contribution in [-0.2, 0) is 0 Å². The van der Waals surface area contributed by atoms with Gasteiger partial charge in [-0.25, -0.2) is 0 Å². The fraction of sp³-hybridized carbons (Fsp3) is 0.818. The molecule has 1 fully saturated rings. The van der Waals surface area contributed by atoms with Crippen LogP contribution in [0.15, 0.2) is 0 Å². The van der Waals surface area contributed by atoms with E-state index in [2.05, 4.69) is 34.5 Å². The van der Waals surface area contributed by atoms with Crippen molar-refractivity contribution >= 4 is 16.5 Å². The fourth-order valence-corrected chi connectivity index (χ4v) is 3.01. The highest BCUT2D eigenvalue weighted by atomic mass is 32.1. The second kappa shape index (κ2) is 4.67. The second-order valence-corrected chi connectivity index (χ2v) is 5.99. The van der Waals surface area contributed by atoms with Gasteiger partial charge in [-0.3, -0.25) is 0 Å². The van der Waals surface area contributed by atoms with Gasteiger partial charge in [0.05, 0.1) is 0 Å². The van der Waals surface area contributed by atoms with Crippen molar-refractivity contribution in [2.45, 2.75) is 38.1 Å². The average Bonchev–Trinajstić information content (AvgIpc) is 2.84. The van der Waals surface area contributed by atoms with E-state index in [4.69, 9.17) is 0 Å². The molecule has 1 aromatic heterocycles. The van der Waals surface area contributed by atoms with E-state index in [1.807, 2.05) is 6.92 Å². The number of aromatic nitrogens is 2. The number of aryl methyl sites for hydroxylation is 1. The Morgan fingerprint density at radius 3 is 2.50 bits per heavy atom. The third-order valence-corrected chi connectivity index (χ3v) is 4.37. The number of nitrogens with zero attached hydrogens (tertiary/aromatic N) is 3. The molecule has 90 valence electrons. The lowest BCUT2D eigenvalue weighted by Gasteiger charge is -2.36. The van der Waals surface area contributed by atoms with Gasteiger partial charge in [-0.05, 0) is 33.9 Å². The minimum absolute atomic E-state index is 0.319. The van der Waals surface area contributed by atoms with Crippen molar-refractivity contribution in [3.05, 3.63) is 5.01 Å². The molecular formula is C11H20N4S. The van der Waals surface area contributed by atoms with Gasteiger partial charge in [0.15, 0.2) is 0 Å². The number of anilines is 1. The lowest BCUT2D eigenvalue weighted by molar-refractivity contribution is 0.172. The molecule has 5 heteroatoms. The predicted octanol–water partition coefficient (Wildman–Crippen LogP) is 2.13. The van der Waals surface area contributed by atoms with Gasteiger partial charge in [0, 0.05) is 12.1 Å². The van der Waals surface area contributed by atoms with Crippen LogP contribution in [-0.4, -0.2) is 41.3 Å². The van der Waals surface area contributed by atoms with E-state index < -0.39 is 0 Å². The Morgan fingerprint density at radius 1 is 1.31 bits per heavy atom. The maximum Gasteiger partial charge on any atom is 0.205 e. The summed E-state index contributed by atoms with van der Waals surface area (Å²) in [6.45, 7) is 2.97. The van der Waals surface area contributed by atoms with E-state index in [-0.39, 0.29) is 0 Å². The molecular weight excluding hydrogens is 220 g/mol. The van der Waals surface area contributed by atoms with Gasteiger partial charge in [-0.1, -0.05) is 24.2 Å². The van der Waals surface area contributed by atoms with Crippen molar-refractivity contribution in [1.82, 2.24) is 15.1 Å². The lowest BCUT2D eigenvalue weighted by atomic mass is 9.96. The Hall–Kier alpha value is -0.680. The molecule has 0 bridgehead atoms. The Labute approximate surface area is 101 Å². The van der Waals surface area contributed by atoms with Crippen molar-refractivity contribution in [2.75, 3.05) is 26.0 Å². The lowest BCUT2D eigenvalue weighted by Crippen LogP contribution is -2.47. The van der Waals surface area contributed by atoms with Gasteiger partial charge in [-0.2, -0.15) is 0 Å². The smallest absolute Gasteiger partial charge is 0.205 e. The summed E-state index contributed by atoms with van der Waals surface area (Å²) in [5.74, 6) is 0. The summed E-state index contributed by atoms with van der Waals surface area (Å²) in [6.07, 6.45) is 5.25. The van der Waals surface area contributed by atoms with E-state index in [1.165, 1.54) is 25.7 Å². The van der Waals surface area contributed by atoms with Crippen LogP contribution >= 0.6 is 11.3 Å². The van der Waals surface area contributed by atoms with E-state index >= 15 is 0 Å². The SMILES string of the molecule is Cc1nnc(NCC2(N(C)C)CCCC2)s1. The molecule has 1 aliphatic carbocycles. The number of nitrogens with one attached hydrogen (secondary N) is 1. The molecule has 4 nitrogen and oxygen atoms in total. The third kappa shape index (κ3) is 2.35. The first-order valence-electron chi connectivity index (χ1n) is 5.84. The summed E-state index contributed by atoms with van der Waals surface area (Å²) in [6, 6.07) is 0. The van der Waals surface area contributed by atoms with Crippen LogP contribution in [0.4, 0.5) is 5.13 Å². The van der Waals surface area contributed by atoms with Crippen molar-refractivity contribution in [3.8, 4) is 0 Å². The first-order chi connectivity index (χ1) is 7.62. The van der Waals surface area contributed by atoms with E-state index in [0.717, 1.165) is 16.7 Å². The van der Waals surface area contributed by atoms with E-state index in [1.54, 1.807) is 11.3 Å². The minimum atomic E-state index is 0.319. The summed E-state index contributed by atoms with van der Waals surface area (Å²) in [5, 5.41) is 13.5. The van der Waals surface area contributed by atoms with E-state index in [0.29, 0.717) is 5.54 Å². The van der Waals surface area contributed by atoms with E-state index in [9.17, 15) is 0 Å². The molecule has 0 unspecified atom stereocenters. The van der Waals surface area contributed by atoms with Crippen LogP contribution in [0.2, 0.25) is 0 Å². The van der Waals surface area contributed by atoms with Crippen LogP contribution in [0.5, 0.6) is 0 Å². The maximum atomic E-state index is 4.11. The second-order valence-electron chi connectivity index (χ2n) is 4.81. The van der Waals surface area contributed by atoms with Crippen LogP contribution in [0.25, 0.3) is 0 Å². The first kappa shape index (κ1) is 11.8. The topological polar surface area (TPSA) is 41.1 Å². The minimum Gasteiger partial charge on any atom is -0.358 e. The first-order valence-corrected chi connectivity index (χ1v) is 6.65. The summed E-state index contributed by atoms with van der Waals surface area (Å²) in [5.41, 5.74) is 0.319. The highest BCUT2D eigenvalue weighted by Gasteiger charge is 2.35. The zero-order chi connectivity index (χ0) is 11.6. The molecule has 1 saturated carbocycles. The third-order valence-electron chi connectivity index (χ3n) is 3.58. The Balaban J connectivity index is 1.97. The Bertz CT molecular complexity index is 342. The Morgan fingerprint density at radius 2 is 2.00 bits per heavy atom. The van der Waals surface area contributed by atoms with Gasteiger partial charge in [-0.15, -0.1) is 10.2 Å².